The molecule has 0 saturated carbocycles. The Morgan fingerprint density at radius 1 is 0.733 bits per heavy atom. The number of aliphatic hydroxyl groups is 1. The number of hydrogen-bond acceptors (Lipinski definition) is 2. The van der Waals surface area contributed by atoms with Crippen molar-refractivity contribution in [3.8, 4) is 0 Å². The van der Waals surface area contributed by atoms with Gasteiger partial charge in [0.2, 0.25) is 0 Å². The van der Waals surface area contributed by atoms with Crippen LogP contribution in [-0.2, 0) is 0 Å². The third-order valence-electron chi connectivity index (χ3n) is 1.84. The molecule has 0 unspecified atom stereocenters. The van der Waals surface area contributed by atoms with Crippen molar-refractivity contribution in [2.75, 3.05) is 26.2 Å². The Morgan fingerprint density at radius 2 is 1.00 bits per heavy atom. The van der Waals surface area contributed by atoms with Gasteiger partial charge in [-0.15, -0.1) is 12.4 Å². The average Bonchev–Trinajstić information content (AvgIpc) is 2.20. The fourth-order valence-corrected chi connectivity index (χ4v) is 1.28. The summed E-state index contributed by atoms with van der Waals surface area (Å²) in [5.41, 5.74) is 0. The Morgan fingerprint density at radius 3 is 1.13 bits per heavy atom. The molecule has 15 heavy (non-hydrogen) atoms. The van der Waals surface area contributed by atoms with Crippen LogP contribution in [-0.4, -0.2) is 36.2 Å². The molecule has 2 nitrogen and oxygen atoms in total. The van der Waals surface area contributed by atoms with E-state index in [-0.39, 0.29) is 12.4 Å². The molecule has 0 spiro atoms. The van der Waals surface area contributed by atoms with E-state index in [0.717, 1.165) is 6.42 Å². The van der Waals surface area contributed by atoms with Gasteiger partial charge in [-0.3, -0.25) is 0 Å². The molecule has 0 aromatic carbocycles. The van der Waals surface area contributed by atoms with Gasteiger partial charge in [-0.25, -0.2) is 0 Å². The van der Waals surface area contributed by atoms with E-state index in [0.29, 0.717) is 6.61 Å². The maximum Gasteiger partial charge on any atom is 0.0428 e. The first-order chi connectivity index (χ1) is 6.76. The smallest absolute Gasteiger partial charge is 0.0428 e. The summed E-state index contributed by atoms with van der Waals surface area (Å²) in [6.07, 6.45) is 4.75. The molecule has 0 rings (SSSR count). The van der Waals surface area contributed by atoms with Crippen LogP contribution in [0, 0.1) is 0 Å². The third kappa shape index (κ3) is 20.3. The molecular formula is C12H30ClNO. The van der Waals surface area contributed by atoms with Crippen molar-refractivity contribution < 1.29 is 5.11 Å². The Balaban J connectivity index is -0.000000249. The fourth-order valence-electron chi connectivity index (χ4n) is 1.28. The number of nitrogens with zero attached hydrogens (tertiary/aromatic N) is 1. The zero-order valence-corrected chi connectivity index (χ0v) is 11.8. The van der Waals surface area contributed by atoms with E-state index in [1.54, 1.807) is 0 Å². The minimum atomic E-state index is 0. The van der Waals surface area contributed by atoms with Gasteiger partial charge in [0.25, 0.3) is 0 Å². The van der Waals surface area contributed by atoms with E-state index in [4.69, 9.17) is 5.11 Å². The predicted octanol–water partition coefficient (Wildman–Crippen LogP) is 3.33. The number of rotatable bonds is 7. The SMILES string of the molecule is CCCN(CCC)CCC.CCCO.Cl. The van der Waals surface area contributed by atoms with Crippen LogP contribution in [0.1, 0.15) is 53.4 Å². The monoisotopic (exact) mass is 239 g/mol. The largest absolute Gasteiger partial charge is 0.396 e. The number of aliphatic hydroxyl groups excluding tert-OH is 1. The molecule has 0 aromatic heterocycles. The molecule has 0 aliphatic carbocycles. The molecule has 0 heterocycles. The van der Waals surface area contributed by atoms with Gasteiger partial charge in [0.15, 0.2) is 0 Å². The first-order valence-electron chi connectivity index (χ1n) is 6.09. The molecule has 0 radical (unpaired) electrons. The second-order valence-electron chi connectivity index (χ2n) is 3.57. The van der Waals surface area contributed by atoms with Gasteiger partial charge in [-0.2, -0.15) is 0 Å². The molecule has 3 heteroatoms. The van der Waals surface area contributed by atoms with Gasteiger partial charge in [0.1, 0.15) is 0 Å². The van der Waals surface area contributed by atoms with Crippen LogP contribution in [0.25, 0.3) is 0 Å². The molecule has 0 aliphatic heterocycles. The Kier molecular flexibility index (Phi) is 27.1. The van der Waals surface area contributed by atoms with Crippen LogP contribution in [0.3, 0.4) is 0 Å². The van der Waals surface area contributed by atoms with E-state index in [9.17, 15) is 0 Å². The van der Waals surface area contributed by atoms with Crippen LogP contribution in [0.4, 0.5) is 0 Å². The lowest BCUT2D eigenvalue weighted by Gasteiger charge is -2.19. The summed E-state index contributed by atoms with van der Waals surface area (Å²) < 4.78 is 0. The first-order valence-corrected chi connectivity index (χ1v) is 6.09. The van der Waals surface area contributed by atoms with Crippen molar-refractivity contribution >= 4 is 12.4 Å². The van der Waals surface area contributed by atoms with Crippen molar-refractivity contribution in [1.82, 2.24) is 4.90 Å². The third-order valence-corrected chi connectivity index (χ3v) is 1.84. The van der Waals surface area contributed by atoms with Crippen molar-refractivity contribution in [2.24, 2.45) is 0 Å². The maximum absolute atomic E-state index is 7.88. The van der Waals surface area contributed by atoms with Crippen molar-refractivity contribution in [2.45, 2.75) is 53.4 Å². The summed E-state index contributed by atoms with van der Waals surface area (Å²) in [6, 6.07) is 0. The van der Waals surface area contributed by atoms with Gasteiger partial charge < -0.3 is 10.0 Å². The lowest BCUT2D eigenvalue weighted by Crippen LogP contribution is -2.25. The molecule has 0 fully saturated rings. The summed E-state index contributed by atoms with van der Waals surface area (Å²) in [5.74, 6) is 0. The zero-order valence-electron chi connectivity index (χ0n) is 11.0. The quantitative estimate of drug-likeness (QED) is 0.737. The topological polar surface area (TPSA) is 23.5 Å². The highest BCUT2D eigenvalue weighted by molar-refractivity contribution is 5.85. The predicted molar refractivity (Wildman–Crippen MR) is 71.9 cm³/mol. The highest BCUT2D eigenvalue weighted by Gasteiger charge is 1.98. The molecule has 0 aromatic rings. The number of hydrogen-bond donors (Lipinski definition) is 1. The Labute approximate surface area is 102 Å². The standard InChI is InChI=1S/C9H21N.C3H8O.ClH/c1-4-7-10(8-5-2)9-6-3;1-2-3-4;/h4-9H2,1-3H3;4H,2-3H2,1H3;1H. The lowest BCUT2D eigenvalue weighted by molar-refractivity contribution is 0.275. The fraction of sp³-hybridized carbons (Fsp3) is 1.00. The molecule has 1 N–H and O–H groups in total. The van der Waals surface area contributed by atoms with Crippen molar-refractivity contribution in [3.05, 3.63) is 0 Å². The van der Waals surface area contributed by atoms with Gasteiger partial charge in [0, 0.05) is 6.61 Å². The summed E-state index contributed by atoms with van der Waals surface area (Å²) in [6.45, 7) is 12.8. The normalized spacial score (nSPS) is 9.20. The highest BCUT2D eigenvalue weighted by Crippen LogP contribution is 1.94. The van der Waals surface area contributed by atoms with Gasteiger partial charge in [-0.05, 0) is 45.3 Å². The second kappa shape index (κ2) is 19.7. The molecule has 0 amide bonds. The first kappa shape index (κ1) is 20.6. The van der Waals surface area contributed by atoms with Gasteiger partial charge in [0.05, 0.1) is 0 Å². The van der Waals surface area contributed by atoms with E-state index in [1.807, 2.05) is 6.92 Å². The van der Waals surface area contributed by atoms with Crippen molar-refractivity contribution in [1.29, 1.82) is 0 Å². The molecule has 0 bridgehead atoms. The lowest BCUT2D eigenvalue weighted by atomic mass is 10.3. The Hall–Kier alpha value is 0.210. The molecule has 96 valence electrons. The molecular weight excluding hydrogens is 210 g/mol. The molecule has 0 atom stereocenters. The van der Waals surface area contributed by atoms with E-state index in [1.165, 1.54) is 38.9 Å². The minimum absolute atomic E-state index is 0. The van der Waals surface area contributed by atoms with Gasteiger partial charge >= 0.3 is 0 Å². The van der Waals surface area contributed by atoms with Crippen LogP contribution in [0.2, 0.25) is 0 Å². The van der Waals surface area contributed by atoms with Crippen LogP contribution in [0.5, 0.6) is 0 Å². The van der Waals surface area contributed by atoms with Crippen LogP contribution < -0.4 is 0 Å². The maximum atomic E-state index is 7.88. The van der Waals surface area contributed by atoms with E-state index in [2.05, 4.69) is 25.7 Å². The van der Waals surface area contributed by atoms with E-state index >= 15 is 0 Å². The van der Waals surface area contributed by atoms with Crippen molar-refractivity contribution in [3.63, 3.8) is 0 Å². The second-order valence-corrected chi connectivity index (χ2v) is 3.57. The van der Waals surface area contributed by atoms with E-state index < -0.39 is 0 Å². The molecule has 0 aliphatic rings. The summed E-state index contributed by atoms with van der Waals surface area (Å²) in [7, 11) is 0. The highest BCUT2D eigenvalue weighted by atomic mass is 35.5. The summed E-state index contributed by atoms with van der Waals surface area (Å²) in [5, 5.41) is 7.88. The minimum Gasteiger partial charge on any atom is -0.396 e. The Bertz CT molecular complexity index is 75.4. The summed E-state index contributed by atoms with van der Waals surface area (Å²) >= 11 is 0. The van der Waals surface area contributed by atoms with Crippen LogP contribution >= 0.6 is 12.4 Å². The van der Waals surface area contributed by atoms with Gasteiger partial charge in [-0.1, -0.05) is 27.7 Å². The zero-order chi connectivity index (χ0) is 11.2. The van der Waals surface area contributed by atoms with Crippen LogP contribution in [0.15, 0.2) is 0 Å². The summed E-state index contributed by atoms with van der Waals surface area (Å²) in [4.78, 5) is 2.54. The number of halogens is 1. The average molecular weight is 240 g/mol. The molecule has 0 saturated heterocycles.